The average Bonchev–Trinajstić information content (AvgIpc) is 2.89. The van der Waals surface area contributed by atoms with Crippen LogP contribution in [-0.2, 0) is 4.79 Å². The second-order valence-corrected chi connectivity index (χ2v) is 6.01. The molecule has 2 aromatic carbocycles. The first-order valence-electron chi connectivity index (χ1n) is 7.60. The Morgan fingerprint density at radius 2 is 1.73 bits per heavy atom. The van der Waals surface area contributed by atoms with Crippen LogP contribution in [0.15, 0.2) is 36.4 Å². The first-order chi connectivity index (χ1) is 11.9. The van der Waals surface area contributed by atoms with Crippen molar-refractivity contribution in [1.82, 2.24) is 4.98 Å². The molecule has 3 rings (SSSR count). The van der Waals surface area contributed by atoms with E-state index in [1.165, 1.54) is 14.0 Å². The van der Waals surface area contributed by atoms with E-state index in [0.717, 1.165) is 0 Å². The minimum absolute atomic E-state index is 0. The fourth-order valence-electron chi connectivity index (χ4n) is 2.78. The van der Waals surface area contributed by atoms with E-state index in [9.17, 15) is 9.59 Å². The zero-order valence-electron chi connectivity index (χ0n) is 15.0. The van der Waals surface area contributed by atoms with Crippen LogP contribution in [0.1, 0.15) is 28.5 Å². The van der Waals surface area contributed by atoms with E-state index in [4.69, 9.17) is 21.1 Å². The third-order valence-corrected chi connectivity index (χ3v) is 4.11. The number of rotatable bonds is 4. The predicted octanol–water partition coefficient (Wildman–Crippen LogP) is 3.91. The molecule has 129 valence electrons. The molecule has 7 heteroatoms. The van der Waals surface area contributed by atoms with Crippen LogP contribution in [0.25, 0.3) is 10.9 Å². The molecule has 0 unspecified atom stereocenters. The van der Waals surface area contributed by atoms with Gasteiger partial charge in [-0.1, -0.05) is 11.6 Å². The van der Waals surface area contributed by atoms with Crippen molar-refractivity contribution in [2.75, 3.05) is 7.11 Å². The van der Waals surface area contributed by atoms with E-state index in [1.807, 2.05) is 0 Å². The Hall–Kier alpha value is -1.15. The second kappa shape index (κ2) is 8.69. The Morgan fingerprint density at radius 3 is 2.31 bits per heavy atom. The van der Waals surface area contributed by atoms with Gasteiger partial charge in [0.2, 0.25) is 0 Å². The number of aryl methyl sites for hydroxylation is 1. The van der Waals surface area contributed by atoms with Crippen molar-refractivity contribution in [2.45, 2.75) is 13.8 Å². The van der Waals surface area contributed by atoms with Gasteiger partial charge in [-0.15, -0.1) is 0 Å². The van der Waals surface area contributed by atoms with Gasteiger partial charge in [-0.05, 0) is 43.3 Å². The van der Waals surface area contributed by atoms with Crippen molar-refractivity contribution in [3.05, 3.63) is 58.2 Å². The summed E-state index contributed by atoms with van der Waals surface area (Å²) in [6.07, 6.45) is 0. The van der Waals surface area contributed by atoms with Crippen molar-refractivity contribution in [3.8, 4) is 11.5 Å². The number of benzene rings is 2. The summed E-state index contributed by atoms with van der Waals surface area (Å²) in [7, 11) is 1.49. The maximum absolute atomic E-state index is 13.1. The molecule has 3 aromatic rings. The van der Waals surface area contributed by atoms with E-state index in [2.05, 4.69) is 4.98 Å². The quantitative estimate of drug-likeness (QED) is 0.412. The number of H-pyrrole nitrogens is 1. The zero-order chi connectivity index (χ0) is 18.1. The second-order valence-electron chi connectivity index (χ2n) is 5.57. The minimum Gasteiger partial charge on any atom is -0.496 e. The summed E-state index contributed by atoms with van der Waals surface area (Å²) in [5.74, 6) is 0.0294. The Kier molecular flexibility index (Phi) is 7.07. The zero-order valence-corrected chi connectivity index (χ0v) is 18.9. The Labute approximate surface area is 198 Å². The number of carbonyl (C=O) groups is 2. The molecule has 5 nitrogen and oxygen atoms in total. The van der Waals surface area contributed by atoms with E-state index in [-0.39, 0.29) is 57.2 Å². The number of methoxy groups -OCH3 is 1. The molecular formula is C19H16ClKNO4. The fraction of sp³-hybridized carbons (Fsp3) is 0.158. The third kappa shape index (κ3) is 4.06. The minimum atomic E-state index is -0.461. The summed E-state index contributed by atoms with van der Waals surface area (Å²) in [6.45, 7) is 3.10. The van der Waals surface area contributed by atoms with Crippen molar-refractivity contribution < 1.29 is 19.1 Å². The molecule has 0 saturated heterocycles. The Bertz CT molecular complexity index is 979. The molecule has 1 heterocycles. The number of aromatic amines is 1. The number of halogens is 1. The standard InChI is InChI=1S/C19H16ClNO4.K/c1-10-19(25-11(2)22)16-14(21-10)8-9-15(24-3)17(16)18(23)12-4-6-13(20)7-5-12;/h4-9,21H,1-3H3;. The van der Waals surface area contributed by atoms with Gasteiger partial charge in [0, 0.05) is 68.9 Å². The van der Waals surface area contributed by atoms with Gasteiger partial charge in [0.15, 0.2) is 11.5 Å². The normalized spacial score (nSPS) is 10.3. The topological polar surface area (TPSA) is 68.4 Å². The number of nitrogens with one attached hydrogen (secondary N) is 1. The monoisotopic (exact) mass is 396 g/mol. The van der Waals surface area contributed by atoms with E-state index in [0.29, 0.717) is 44.2 Å². The van der Waals surface area contributed by atoms with Crippen molar-refractivity contribution in [1.29, 1.82) is 0 Å². The number of esters is 1. The molecule has 26 heavy (non-hydrogen) atoms. The summed E-state index contributed by atoms with van der Waals surface area (Å²) in [4.78, 5) is 27.7. The number of fused-ring (bicyclic) bond motifs is 1. The molecule has 1 aromatic heterocycles. The van der Waals surface area contributed by atoms with Gasteiger partial charge < -0.3 is 14.5 Å². The van der Waals surface area contributed by atoms with E-state index >= 15 is 0 Å². The number of ketones is 1. The number of hydrogen-bond donors (Lipinski definition) is 1. The molecule has 0 aliphatic carbocycles. The maximum atomic E-state index is 13.1. The van der Waals surface area contributed by atoms with Gasteiger partial charge in [-0.3, -0.25) is 9.59 Å². The van der Waals surface area contributed by atoms with Crippen molar-refractivity contribution >= 4 is 85.6 Å². The fourth-order valence-corrected chi connectivity index (χ4v) is 2.91. The van der Waals surface area contributed by atoms with E-state index in [1.54, 1.807) is 43.3 Å². The van der Waals surface area contributed by atoms with Crippen molar-refractivity contribution in [2.24, 2.45) is 0 Å². The van der Waals surface area contributed by atoms with Gasteiger partial charge in [-0.2, -0.15) is 0 Å². The van der Waals surface area contributed by atoms with E-state index < -0.39 is 5.97 Å². The molecule has 0 bridgehead atoms. The molecule has 1 N–H and O–H groups in total. The molecule has 0 amide bonds. The van der Waals surface area contributed by atoms with Gasteiger partial charge in [0.25, 0.3) is 0 Å². The summed E-state index contributed by atoms with van der Waals surface area (Å²) >= 11 is 5.90. The molecular weight excluding hydrogens is 381 g/mol. The summed E-state index contributed by atoms with van der Waals surface area (Å²) in [6, 6.07) is 10.1. The van der Waals surface area contributed by atoms with Crippen LogP contribution in [0.4, 0.5) is 0 Å². The number of hydrogen-bond acceptors (Lipinski definition) is 4. The molecule has 0 aliphatic heterocycles. The first-order valence-corrected chi connectivity index (χ1v) is 7.98. The third-order valence-electron chi connectivity index (χ3n) is 3.86. The number of carbonyl (C=O) groups excluding carboxylic acids is 2. The molecule has 0 saturated carbocycles. The molecule has 1 radical (unpaired) electrons. The molecule has 0 spiro atoms. The molecule has 0 atom stereocenters. The Balaban J connectivity index is 0.00000243. The van der Waals surface area contributed by atoms with Crippen LogP contribution in [0, 0.1) is 6.92 Å². The first kappa shape index (κ1) is 21.1. The van der Waals surface area contributed by atoms with Crippen LogP contribution < -0.4 is 9.47 Å². The molecule has 0 aliphatic rings. The predicted molar refractivity (Wildman–Crippen MR) is 102 cm³/mol. The van der Waals surface area contributed by atoms with Crippen LogP contribution in [-0.4, -0.2) is 75.2 Å². The smallest absolute Gasteiger partial charge is 0.308 e. The van der Waals surface area contributed by atoms with Crippen LogP contribution >= 0.6 is 11.6 Å². The van der Waals surface area contributed by atoms with Crippen LogP contribution in [0.3, 0.4) is 0 Å². The SMILES string of the molecule is COc1ccc2[nH]c(C)c(OC(C)=O)c2c1C(=O)c1ccc(Cl)cc1.[K]. The van der Waals surface area contributed by atoms with Crippen LogP contribution in [0.5, 0.6) is 11.5 Å². The maximum Gasteiger partial charge on any atom is 0.308 e. The van der Waals surface area contributed by atoms with Gasteiger partial charge in [0.05, 0.1) is 29.3 Å². The van der Waals surface area contributed by atoms with Gasteiger partial charge in [-0.25, -0.2) is 0 Å². The Morgan fingerprint density at radius 1 is 1.08 bits per heavy atom. The largest absolute Gasteiger partial charge is 0.496 e. The summed E-state index contributed by atoms with van der Waals surface area (Å²) in [5, 5.41) is 1.06. The van der Waals surface area contributed by atoms with Gasteiger partial charge >= 0.3 is 5.97 Å². The number of ether oxygens (including phenoxy) is 2. The van der Waals surface area contributed by atoms with Crippen LogP contribution in [0.2, 0.25) is 5.02 Å². The van der Waals surface area contributed by atoms with Crippen molar-refractivity contribution in [3.63, 3.8) is 0 Å². The number of aromatic nitrogens is 1. The summed E-state index contributed by atoms with van der Waals surface area (Å²) < 4.78 is 10.7. The van der Waals surface area contributed by atoms with Gasteiger partial charge in [0.1, 0.15) is 5.75 Å². The summed E-state index contributed by atoms with van der Waals surface area (Å²) in [5.41, 5.74) is 2.14. The average molecular weight is 397 g/mol. The molecule has 0 fully saturated rings.